The predicted octanol–water partition coefficient (Wildman–Crippen LogP) is 2.05. The van der Waals surface area contributed by atoms with Gasteiger partial charge in [0.25, 0.3) is 0 Å². The molecule has 4 rings (SSSR count). The summed E-state index contributed by atoms with van der Waals surface area (Å²) in [4.78, 5) is 16.6. The number of hydrogen-bond donors (Lipinski definition) is 1. The Bertz CT molecular complexity index is 582. The number of urea groups is 1. The average molecular weight is 331 g/mol. The van der Waals surface area contributed by atoms with Crippen molar-refractivity contribution in [1.29, 1.82) is 0 Å². The van der Waals surface area contributed by atoms with Crippen molar-refractivity contribution in [3.05, 3.63) is 29.8 Å². The quantitative estimate of drug-likeness (QED) is 0.901. The third-order valence-corrected chi connectivity index (χ3v) is 5.34. The van der Waals surface area contributed by atoms with E-state index in [0.29, 0.717) is 6.04 Å². The van der Waals surface area contributed by atoms with Crippen LogP contribution in [0.1, 0.15) is 18.4 Å². The molecule has 0 radical (unpaired) electrons. The van der Waals surface area contributed by atoms with Crippen LogP contribution in [0.3, 0.4) is 0 Å². The fourth-order valence-electron chi connectivity index (χ4n) is 3.71. The number of benzene rings is 1. The second kappa shape index (κ2) is 6.35. The lowest BCUT2D eigenvalue weighted by molar-refractivity contribution is -0.190. The van der Waals surface area contributed by atoms with Crippen molar-refractivity contribution in [3.8, 4) is 0 Å². The smallest absolute Gasteiger partial charge is 0.321 e. The maximum absolute atomic E-state index is 12.3. The highest BCUT2D eigenvalue weighted by atomic mass is 16.7. The van der Waals surface area contributed by atoms with Gasteiger partial charge < -0.3 is 19.7 Å². The maximum atomic E-state index is 12.3. The first-order chi connectivity index (χ1) is 11.6. The number of nitrogens with one attached hydrogen (secondary N) is 1. The molecule has 6 heteroatoms. The van der Waals surface area contributed by atoms with Gasteiger partial charge in [0.05, 0.1) is 13.2 Å². The fourth-order valence-corrected chi connectivity index (χ4v) is 3.71. The van der Waals surface area contributed by atoms with Gasteiger partial charge in [-0.15, -0.1) is 0 Å². The highest BCUT2D eigenvalue weighted by Crippen LogP contribution is 2.33. The Morgan fingerprint density at radius 3 is 2.38 bits per heavy atom. The number of carbonyl (C=O) groups is 1. The van der Waals surface area contributed by atoms with E-state index in [2.05, 4.69) is 10.2 Å². The van der Waals surface area contributed by atoms with Gasteiger partial charge in [0.1, 0.15) is 0 Å². The van der Waals surface area contributed by atoms with E-state index in [1.54, 1.807) is 0 Å². The maximum Gasteiger partial charge on any atom is 0.321 e. The number of nitrogens with zero attached hydrogens (tertiary/aromatic N) is 2. The fraction of sp³-hybridized carbons (Fsp3) is 0.611. The van der Waals surface area contributed by atoms with Crippen LogP contribution in [0.4, 0.5) is 10.5 Å². The van der Waals surface area contributed by atoms with E-state index in [9.17, 15) is 4.79 Å². The van der Waals surface area contributed by atoms with Crippen molar-refractivity contribution >= 4 is 11.7 Å². The van der Waals surface area contributed by atoms with E-state index in [0.717, 1.165) is 57.9 Å². The zero-order valence-electron chi connectivity index (χ0n) is 14.2. The van der Waals surface area contributed by atoms with Crippen LogP contribution < -0.4 is 5.32 Å². The van der Waals surface area contributed by atoms with Crippen molar-refractivity contribution in [3.63, 3.8) is 0 Å². The monoisotopic (exact) mass is 331 g/mol. The molecule has 3 fully saturated rings. The Hall–Kier alpha value is -1.63. The van der Waals surface area contributed by atoms with E-state index >= 15 is 0 Å². The van der Waals surface area contributed by atoms with Gasteiger partial charge in [-0.25, -0.2) is 4.79 Å². The molecule has 1 spiro atoms. The summed E-state index contributed by atoms with van der Waals surface area (Å²) in [5.41, 5.74) is 2.04. The largest absolute Gasteiger partial charge is 0.347 e. The molecule has 0 atom stereocenters. The van der Waals surface area contributed by atoms with Crippen LogP contribution in [-0.2, 0) is 9.47 Å². The Labute approximate surface area is 142 Å². The molecule has 0 saturated carbocycles. The standard InChI is InChI=1S/C18H25N3O3/c1-14-2-4-15(5-3-14)19-17(22)21-12-16(13-21)20-8-6-18(7-9-20)23-10-11-24-18/h2-5,16H,6-13H2,1H3,(H,19,22). The van der Waals surface area contributed by atoms with Crippen molar-refractivity contribution in [2.24, 2.45) is 0 Å². The van der Waals surface area contributed by atoms with E-state index in [4.69, 9.17) is 9.47 Å². The summed E-state index contributed by atoms with van der Waals surface area (Å²) >= 11 is 0. The van der Waals surface area contributed by atoms with Gasteiger partial charge >= 0.3 is 6.03 Å². The third-order valence-electron chi connectivity index (χ3n) is 5.34. The van der Waals surface area contributed by atoms with Crippen LogP contribution in [0, 0.1) is 6.92 Å². The first-order valence-electron chi connectivity index (χ1n) is 8.78. The molecule has 0 bridgehead atoms. The van der Waals surface area contributed by atoms with Gasteiger partial charge in [0.15, 0.2) is 5.79 Å². The summed E-state index contributed by atoms with van der Waals surface area (Å²) in [6, 6.07) is 8.35. The van der Waals surface area contributed by atoms with Gasteiger partial charge in [-0.05, 0) is 19.1 Å². The van der Waals surface area contributed by atoms with Gasteiger partial charge in [-0.3, -0.25) is 4.90 Å². The zero-order chi connectivity index (χ0) is 16.6. The number of likely N-dealkylation sites (tertiary alicyclic amines) is 2. The number of amides is 2. The number of ether oxygens (including phenoxy) is 2. The molecule has 1 aromatic rings. The Morgan fingerprint density at radius 1 is 1.12 bits per heavy atom. The summed E-state index contributed by atoms with van der Waals surface area (Å²) < 4.78 is 11.5. The number of piperidine rings is 1. The highest BCUT2D eigenvalue weighted by molar-refractivity contribution is 5.89. The van der Waals surface area contributed by atoms with Gasteiger partial charge in [0.2, 0.25) is 0 Å². The summed E-state index contributed by atoms with van der Waals surface area (Å²) in [6.07, 6.45) is 1.86. The Morgan fingerprint density at radius 2 is 1.75 bits per heavy atom. The molecule has 0 unspecified atom stereocenters. The number of hydrogen-bond acceptors (Lipinski definition) is 4. The molecule has 0 aromatic heterocycles. The molecule has 3 aliphatic rings. The molecule has 6 nitrogen and oxygen atoms in total. The summed E-state index contributed by atoms with van der Waals surface area (Å²) in [5, 5.41) is 2.96. The minimum Gasteiger partial charge on any atom is -0.347 e. The third kappa shape index (κ3) is 3.14. The minimum absolute atomic E-state index is 0.00829. The lowest BCUT2D eigenvalue weighted by Crippen LogP contribution is -2.64. The number of rotatable bonds is 2. The van der Waals surface area contributed by atoms with Gasteiger partial charge in [-0.1, -0.05) is 17.7 Å². The minimum atomic E-state index is -0.317. The molecule has 130 valence electrons. The highest BCUT2D eigenvalue weighted by Gasteiger charge is 2.43. The summed E-state index contributed by atoms with van der Waals surface area (Å²) in [5.74, 6) is -0.317. The van der Waals surface area contributed by atoms with E-state index in [-0.39, 0.29) is 11.8 Å². The SMILES string of the molecule is Cc1ccc(NC(=O)N2CC(N3CCC4(CC3)OCCO4)C2)cc1. The second-order valence-electron chi connectivity index (χ2n) is 7.00. The molecule has 24 heavy (non-hydrogen) atoms. The average Bonchev–Trinajstić information content (AvgIpc) is 2.98. The molecule has 1 N–H and O–H groups in total. The summed E-state index contributed by atoms with van der Waals surface area (Å²) in [6.45, 7) is 7.04. The van der Waals surface area contributed by atoms with Gasteiger partial charge in [-0.2, -0.15) is 0 Å². The topological polar surface area (TPSA) is 54.0 Å². The molecule has 3 heterocycles. The van der Waals surface area contributed by atoms with E-state index in [1.807, 2.05) is 36.1 Å². The predicted molar refractivity (Wildman–Crippen MR) is 91.0 cm³/mol. The molecule has 1 aromatic carbocycles. The molecule has 3 saturated heterocycles. The number of carbonyl (C=O) groups excluding carboxylic acids is 1. The van der Waals surface area contributed by atoms with Crippen molar-refractivity contribution < 1.29 is 14.3 Å². The van der Waals surface area contributed by atoms with E-state index < -0.39 is 0 Å². The lowest BCUT2D eigenvalue weighted by Gasteiger charge is -2.48. The molecule has 2 amide bonds. The molecule has 3 aliphatic heterocycles. The van der Waals surface area contributed by atoms with Crippen molar-refractivity contribution in [2.45, 2.75) is 31.6 Å². The van der Waals surface area contributed by atoms with E-state index in [1.165, 1.54) is 5.56 Å². The normalized spacial score (nSPS) is 24.1. The summed E-state index contributed by atoms with van der Waals surface area (Å²) in [7, 11) is 0. The van der Waals surface area contributed by atoms with Crippen LogP contribution in [0.25, 0.3) is 0 Å². The second-order valence-corrected chi connectivity index (χ2v) is 7.00. The lowest BCUT2D eigenvalue weighted by atomic mass is 9.99. The number of anilines is 1. The van der Waals surface area contributed by atoms with Gasteiger partial charge in [0, 0.05) is 50.7 Å². The molecular formula is C18H25N3O3. The Kier molecular flexibility index (Phi) is 4.20. The van der Waals surface area contributed by atoms with Crippen LogP contribution in [0.15, 0.2) is 24.3 Å². The first-order valence-corrected chi connectivity index (χ1v) is 8.78. The zero-order valence-corrected chi connectivity index (χ0v) is 14.2. The van der Waals surface area contributed by atoms with Crippen molar-refractivity contribution in [1.82, 2.24) is 9.80 Å². The van der Waals surface area contributed by atoms with Crippen LogP contribution >= 0.6 is 0 Å². The van der Waals surface area contributed by atoms with Crippen LogP contribution in [-0.4, -0.2) is 67.1 Å². The van der Waals surface area contributed by atoms with Crippen LogP contribution in [0.5, 0.6) is 0 Å². The van der Waals surface area contributed by atoms with Crippen LogP contribution in [0.2, 0.25) is 0 Å². The Balaban J connectivity index is 1.23. The molecular weight excluding hydrogens is 306 g/mol. The van der Waals surface area contributed by atoms with Crippen molar-refractivity contribution in [2.75, 3.05) is 44.7 Å². The molecule has 0 aliphatic carbocycles. The first kappa shape index (κ1) is 15.9. The number of aryl methyl sites for hydroxylation is 1.